The molecule has 1 aromatic heterocycles. The minimum atomic E-state index is -0.388. The molecular formula is C15H12BrF2N3. The average molecular weight is 352 g/mol. The fraction of sp³-hybridized carbons (Fsp3) is 0.133. The van der Waals surface area contributed by atoms with Crippen LogP contribution in [0.25, 0.3) is 11.0 Å². The molecule has 3 nitrogen and oxygen atoms in total. The second-order valence-electron chi connectivity index (χ2n) is 4.72. The molecule has 1 heterocycles. The van der Waals surface area contributed by atoms with Crippen molar-refractivity contribution in [3.05, 3.63) is 58.1 Å². The number of nitrogen functional groups attached to an aromatic ring is 1. The van der Waals surface area contributed by atoms with Gasteiger partial charge in [-0.25, -0.2) is 13.8 Å². The molecule has 0 bridgehead atoms. The standard InChI is InChI=1S/C15H12BrF2N3/c16-10-7-14-13(8-12(10)18)20-15(19)21(14)6-5-9-3-1-2-4-11(9)17/h1-4,7-8H,5-6H2,(H2,19,20). The summed E-state index contributed by atoms with van der Waals surface area (Å²) in [6, 6.07) is 9.57. The molecule has 0 aliphatic heterocycles. The SMILES string of the molecule is Nc1nc2cc(F)c(Br)cc2n1CCc1ccccc1F. The summed E-state index contributed by atoms with van der Waals surface area (Å²) in [6.45, 7) is 0.474. The van der Waals surface area contributed by atoms with Crippen LogP contribution >= 0.6 is 15.9 Å². The van der Waals surface area contributed by atoms with Crippen LogP contribution in [0.2, 0.25) is 0 Å². The largest absolute Gasteiger partial charge is 0.369 e. The average Bonchev–Trinajstić information content (AvgIpc) is 2.74. The van der Waals surface area contributed by atoms with Gasteiger partial charge < -0.3 is 10.3 Å². The van der Waals surface area contributed by atoms with Gasteiger partial charge in [0.2, 0.25) is 5.95 Å². The molecule has 3 rings (SSSR count). The maximum absolute atomic E-state index is 13.6. The van der Waals surface area contributed by atoms with E-state index in [0.29, 0.717) is 34.5 Å². The molecule has 0 atom stereocenters. The van der Waals surface area contributed by atoms with Gasteiger partial charge in [-0.2, -0.15) is 0 Å². The number of fused-ring (bicyclic) bond motifs is 1. The van der Waals surface area contributed by atoms with E-state index in [0.717, 1.165) is 5.52 Å². The number of halogens is 3. The molecule has 108 valence electrons. The Kier molecular flexibility index (Phi) is 3.63. The van der Waals surface area contributed by atoms with E-state index in [1.165, 1.54) is 12.1 Å². The summed E-state index contributed by atoms with van der Waals surface area (Å²) >= 11 is 3.15. The number of hydrogen-bond acceptors (Lipinski definition) is 2. The molecule has 0 unspecified atom stereocenters. The highest BCUT2D eigenvalue weighted by Gasteiger charge is 2.12. The third-order valence-corrected chi connectivity index (χ3v) is 3.99. The third kappa shape index (κ3) is 2.63. The fourth-order valence-electron chi connectivity index (χ4n) is 2.31. The van der Waals surface area contributed by atoms with Gasteiger partial charge in [-0.15, -0.1) is 0 Å². The number of aryl methyl sites for hydroxylation is 2. The van der Waals surface area contributed by atoms with Crippen LogP contribution in [0.4, 0.5) is 14.7 Å². The first-order valence-corrected chi connectivity index (χ1v) is 7.19. The fourth-order valence-corrected chi connectivity index (χ4v) is 2.64. The lowest BCUT2D eigenvalue weighted by atomic mass is 10.1. The molecule has 0 radical (unpaired) electrons. The van der Waals surface area contributed by atoms with Crippen LogP contribution in [-0.2, 0) is 13.0 Å². The lowest BCUT2D eigenvalue weighted by Crippen LogP contribution is -2.06. The predicted molar refractivity (Wildman–Crippen MR) is 81.9 cm³/mol. The van der Waals surface area contributed by atoms with E-state index in [4.69, 9.17) is 5.73 Å². The van der Waals surface area contributed by atoms with E-state index in [9.17, 15) is 8.78 Å². The number of aromatic nitrogens is 2. The molecule has 21 heavy (non-hydrogen) atoms. The Labute approximate surface area is 128 Å². The number of nitrogens with two attached hydrogens (primary N) is 1. The van der Waals surface area contributed by atoms with Gasteiger partial charge in [0, 0.05) is 12.6 Å². The van der Waals surface area contributed by atoms with Crippen molar-refractivity contribution in [3.63, 3.8) is 0 Å². The van der Waals surface area contributed by atoms with Crippen LogP contribution in [0.5, 0.6) is 0 Å². The lowest BCUT2D eigenvalue weighted by Gasteiger charge is -2.07. The Bertz CT molecular complexity index is 814. The number of imidazole rings is 1. The third-order valence-electron chi connectivity index (χ3n) is 3.38. The van der Waals surface area contributed by atoms with Crippen molar-refractivity contribution < 1.29 is 8.78 Å². The van der Waals surface area contributed by atoms with Gasteiger partial charge in [-0.3, -0.25) is 0 Å². The minimum Gasteiger partial charge on any atom is -0.369 e. The second kappa shape index (κ2) is 5.44. The van der Waals surface area contributed by atoms with Crippen molar-refractivity contribution in [1.29, 1.82) is 0 Å². The van der Waals surface area contributed by atoms with Gasteiger partial charge in [0.05, 0.1) is 15.5 Å². The monoisotopic (exact) mass is 351 g/mol. The maximum atomic E-state index is 13.6. The highest BCUT2D eigenvalue weighted by molar-refractivity contribution is 9.10. The molecule has 0 fully saturated rings. The van der Waals surface area contributed by atoms with Crippen molar-refractivity contribution in [2.75, 3.05) is 5.73 Å². The van der Waals surface area contributed by atoms with E-state index in [1.807, 2.05) is 0 Å². The highest BCUT2D eigenvalue weighted by Crippen LogP contribution is 2.25. The molecule has 0 saturated carbocycles. The summed E-state index contributed by atoms with van der Waals surface area (Å²) in [5.74, 6) is -0.340. The van der Waals surface area contributed by atoms with Crippen molar-refractivity contribution in [2.45, 2.75) is 13.0 Å². The number of benzene rings is 2. The van der Waals surface area contributed by atoms with Crippen molar-refractivity contribution >= 4 is 32.9 Å². The molecule has 0 spiro atoms. The molecule has 3 aromatic rings. The molecule has 6 heteroatoms. The van der Waals surface area contributed by atoms with Gasteiger partial charge in [-0.1, -0.05) is 18.2 Å². The zero-order valence-electron chi connectivity index (χ0n) is 11.0. The Morgan fingerprint density at radius 2 is 1.90 bits per heavy atom. The number of hydrogen-bond donors (Lipinski definition) is 1. The molecule has 0 amide bonds. The maximum Gasteiger partial charge on any atom is 0.201 e. The highest BCUT2D eigenvalue weighted by atomic mass is 79.9. The predicted octanol–water partition coefficient (Wildman–Crippen LogP) is 3.90. The van der Waals surface area contributed by atoms with Crippen LogP contribution in [0.3, 0.4) is 0 Å². The lowest BCUT2D eigenvalue weighted by molar-refractivity contribution is 0.597. The number of rotatable bonds is 3. The first kappa shape index (κ1) is 14.0. The Morgan fingerprint density at radius 1 is 1.14 bits per heavy atom. The topological polar surface area (TPSA) is 43.8 Å². The van der Waals surface area contributed by atoms with Gasteiger partial charge in [-0.05, 0) is 40.0 Å². The summed E-state index contributed by atoms with van der Waals surface area (Å²) in [5, 5.41) is 0. The van der Waals surface area contributed by atoms with Crippen molar-refractivity contribution in [1.82, 2.24) is 9.55 Å². The van der Waals surface area contributed by atoms with E-state index in [1.54, 1.807) is 28.8 Å². The second-order valence-corrected chi connectivity index (χ2v) is 5.57. The van der Waals surface area contributed by atoms with Crippen LogP contribution in [-0.4, -0.2) is 9.55 Å². The molecule has 2 N–H and O–H groups in total. The van der Waals surface area contributed by atoms with Crippen LogP contribution in [0.15, 0.2) is 40.9 Å². The smallest absolute Gasteiger partial charge is 0.201 e. The van der Waals surface area contributed by atoms with Gasteiger partial charge >= 0.3 is 0 Å². The van der Waals surface area contributed by atoms with Crippen LogP contribution < -0.4 is 5.73 Å². The van der Waals surface area contributed by atoms with E-state index in [2.05, 4.69) is 20.9 Å². The zero-order valence-corrected chi connectivity index (χ0v) is 12.6. The summed E-state index contributed by atoms with van der Waals surface area (Å²) in [7, 11) is 0. The molecule has 0 saturated heterocycles. The molecule has 2 aromatic carbocycles. The summed E-state index contributed by atoms with van der Waals surface area (Å²) in [5.41, 5.74) is 7.69. The van der Waals surface area contributed by atoms with Crippen molar-refractivity contribution in [2.24, 2.45) is 0 Å². The van der Waals surface area contributed by atoms with Crippen molar-refractivity contribution in [3.8, 4) is 0 Å². The molecule has 0 aliphatic rings. The zero-order chi connectivity index (χ0) is 15.0. The summed E-state index contributed by atoms with van der Waals surface area (Å²) in [6.07, 6.45) is 0.483. The normalized spacial score (nSPS) is 11.2. The van der Waals surface area contributed by atoms with Crippen LogP contribution in [0, 0.1) is 11.6 Å². The minimum absolute atomic E-state index is 0.243. The summed E-state index contributed by atoms with van der Waals surface area (Å²) < 4.78 is 29.2. The van der Waals surface area contributed by atoms with E-state index in [-0.39, 0.29) is 11.6 Å². The van der Waals surface area contributed by atoms with Gasteiger partial charge in [0.1, 0.15) is 11.6 Å². The Morgan fingerprint density at radius 3 is 2.67 bits per heavy atom. The summed E-state index contributed by atoms with van der Waals surface area (Å²) in [4.78, 5) is 4.14. The molecule has 0 aliphatic carbocycles. The van der Waals surface area contributed by atoms with Crippen LogP contribution in [0.1, 0.15) is 5.56 Å². The number of anilines is 1. The van der Waals surface area contributed by atoms with E-state index >= 15 is 0 Å². The first-order valence-electron chi connectivity index (χ1n) is 6.40. The van der Waals surface area contributed by atoms with Gasteiger partial charge in [0.15, 0.2) is 0 Å². The Balaban J connectivity index is 1.95. The first-order chi connectivity index (χ1) is 10.1. The van der Waals surface area contributed by atoms with E-state index < -0.39 is 0 Å². The molecular weight excluding hydrogens is 340 g/mol. The number of nitrogens with zero attached hydrogens (tertiary/aromatic N) is 2. The quantitative estimate of drug-likeness (QED) is 0.777. The van der Waals surface area contributed by atoms with Gasteiger partial charge in [0.25, 0.3) is 0 Å². The Hall–Kier alpha value is -1.95.